The molecule has 0 amide bonds. The van der Waals surface area contributed by atoms with Crippen LogP contribution >= 0.6 is 11.3 Å². The zero-order valence-electron chi connectivity index (χ0n) is 7.06. The number of hydrogen-bond donors (Lipinski definition) is 1. The summed E-state index contributed by atoms with van der Waals surface area (Å²) in [5.74, 6) is 0.389. The maximum absolute atomic E-state index is 5.40. The molecule has 0 aromatic carbocycles. The van der Waals surface area contributed by atoms with Crippen molar-refractivity contribution in [3.8, 4) is 0 Å². The molecule has 0 atom stereocenters. The topological polar surface area (TPSA) is 52.0 Å². The molecule has 0 saturated carbocycles. The first-order valence-electron chi connectivity index (χ1n) is 4.07. The summed E-state index contributed by atoms with van der Waals surface area (Å²) in [7, 11) is 0. The summed E-state index contributed by atoms with van der Waals surface area (Å²) in [6.45, 7) is 0. The Morgan fingerprint density at radius 2 is 2.38 bits per heavy atom. The number of aryl methyl sites for hydroxylation is 2. The summed E-state index contributed by atoms with van der Waals surface area (Å²) in [5.41, 5.74) is 7.66. The van der Waals surface area contributed by atoms with E-state index in [1.165, 1.54) is 5.56 Å². The standard InChI is InChI=1S/C9H10N2OS/c10-9-5-8(11-12-9)2-1-7-3-4-13-6-7/h3-6H,1-2,10H2. The van der Waals surface area contributed by atoms with Gasteiger partial charge in [0.2, 0.25) is 5.88 Å². The minimum absolute atomic E-state index is 0.389. The molecule has 2 aromatic rings. The van der Waals surface area contributed by atoms with Crippen molar-refractivity contribution in [2.24, 2.45) is 0 Å². The van der Waals surface area contributed by atoms with Gasteiger partial charge in [0, 0.05) is 6.07 Å². The van der Waals surface area contributed by atoms with Gasteiger partial charge in [-0.1, -0.05) is 5.16 Å². The van der Waals surface area contributed by atoms with Crippen LogP contribution in [0.4, 0.5) is 5.88 Å². The maximum Gasteiger partial charge on any atom is 0.222 e. The lowest BCUT2D eigenvalue weighted by Crippen LogP contribution is -1.88. The first kappa shape index (κ1) is 8.31. The second-order valence-electron chi connectivity index (χ2n) is 2.85. The molecule has 2 heterocycles. The van der Waals surface area contributed by atoms with E-state index >= 15 is 0 Å². The molecular weight excluding hydrogens is 184 g/mol. The van der Waals surface area contributed by atoms with E-state index in [1.54, 1.807) is 17.4 Å². The van der Waals surface area contributed by atoms with Gasteiger partial charge in [0.1, 0.15) is 0 Å². The van der Waals surface area contributed by atoms with Crippen LogP contribution in [0.5, 0.6) is 0 Å². The van der Waals surface area contributed by atoms with E-state index in [0.717, 1.165) is 18.5 Å². The van der Waals surface area contributed by atoms with Crippen LogP contribution in [0.1, 0.15) is 11.3 Å². The summed E-state index contributed by atoms with van der Waals surface area (Å²) in [5, 5.41) is 8.04. The van der Waals surface area contributed by atoms with Crippen LogP contribution in [-0.4, -0.2) is 5.16 Å². The smallest absolute Gasteiger partial charge is 0.222 e. The second-order valence-corrected chi connectivity index (χ2v) is 3.63. The Kier molecular flexibility index (Phi) is 2.31. The third-order valence-electron chi connectivity index (χ3n) is 1.83. The lowest BCUT2D eigenvalue weighted by atomic mass is 10.1. The molecule has 3 nitrogen and oxygen atoms in total. The summed E-state index contributed by atoms with van der Waals surface area (Å²) < 4.78 is 4.76. The lowest BCUT2D eigenvalue weighted by Gasteiger charge is -1.91. The Hall–Kier alpha value is -1.29. The average Bonchev–Trinajstić information content (AvgIpc) is 2.71. The van der Waals surface area contributed by atoms with Gasteiger partial charge in [0.15, 0.2) is 0 Å². The molecule has 0 bridgehead atoms. The second kappa shape index (κ2) is 3.62. The molecule has 0 aliphatic heterocycles. The number of thiophene rings is 1. The Balaban J connectivity index is 1.93. The molecule has 2 aromatic heterocycles. The van der Waals surface area contributed by atoms with Crippen LogP contribution < -0.4 is 5.73 Å². The van der Waals surface area contributed by atoms with Gasteiger partial charge in [0.05, 0.1) is 5.69 Å². The third kappa shape index (κ3) is 2.09. The molecule has 13 heavy (non-hydrogen) atoms. The van der Waals surface area contributed by atoms with Gasteiger partial charge in [-0.25, -0.2) is 0 Å². The van der Waals surface area contributed by atoms with Crippen molar-refractivity contribution >= 4 is 17.2 Å². The molecule has 0 aliphatic carbocycles. The van der Waals surface area contributed by atoms with E-state index in [0.29, 0.717) is 5.88 Å². The quantitative estimate of drug-likeness (QED) is 0.814. The number of aromatic nitrogens is 1. The van der Waals surface area contributed by atoms with Crippen molar-refractivity contribution in [3.63, 3.8) is 0 Å². The number of hydrogen-bond acceptors (Lipinski definition) is 4. The van der Waals surface area contributed by atoms with Crippen LogP contribution in [0, 0.1) is 0 Å². The van der Waals surface area contributed by atoms with Gasteiger partial charge in [-0.05, 0) is 35.2 Å². The zero-order valence-corrected chi connectivity index (χ0v) is 7.88. The van der Waals surface area contributed by atoms with E-state index in [1.807, 2.05) is 0 Å². The molecule has 4 heteroatoms. The van der Waals surface area contributed by atoms with Crippen LogP contribution in [0.25, 0.3) is 0 Å². The molecule has 68 valence electrons. The average molecular weight is 194 g/mol. The van der Waals surface area contributed by atoms with Crippen LogP contribution in [0.15, 0.2) is 27.4 Å². The third-order valence-corrected chi connectivity index (χ3v) is 2.56. The first-order chi connectivity index (χ1) is 6.34. The van der Waals surface area contributed by atoms with Crippen molar-refractivity contribution in [1.29, 1.82) is 0 Å². The Bertz CT molecular complexity index is 367. The monoisotopic (exact) mass is 194 g/mol. The highest BCUT2D eigenvalue weighted by Crippen LogP contribution is 2.11. The normalized spacial score (nSPS) is 10.5. The molecule has 0 aliphatic rings. The van der Waals surface area contributed by atoms with Gasteiger partial charge in [0.25, 0.3) is 0 Å². The first-order valence-corrected chi connectivity index (χ1v) is 5.01. The van der Waals surface area contributed by atoms with Gasteiger partial charge in [-0.2, -0.15) is 11.3 Å². The molecule has 0 fully saturated rings. The number of anilines is 1. The van der Waals surface area contributed by atoms with Crippen molar-refractivity contribution in [1.82, 2.24) is 5.16 Å². The summed E-state index contributed by atoms with van der Waals surface area (Å²) >= 11 is 1.71. The molecule has 2 rings (SSSR count). The predicted molar refractivity (Wildman–Crippen MR) is 52.6 cm³/mol. The van der Waals surface area contributed by atoms with Gasteiger partial charge < -0.3 is 10.3 Å². The summed E-state index contributed by atoms with van der Waals surface area (Å²) in [6, 6.07) is 3.89. The molecule has 0 spiro atoms. The van der Waals surface area contributed by atoms with Crippen molar-refractivity contribution in [2.45, 2.75) is 12.8 Å². The van der Waals surface area contributed by atoms with Gasteiger partial charge >= 0.3 is 0 Å². The summed E-state index contributed by atoms with van der Waals surface area (Å²) in [6.07, 6.45) is 1.88. The fourth-order valence-electron chi connectivity index (χ4n) is 1.15. The molecule has 0 saturated heterocycles. The van der Waals surface area contributed by atoms with Crippen molar-refractivity contribution in [2.75, 3.05) is 5.73 Å². The maximum atomic E-state index is 5.40. The Morgan fingerprint density at radius 3 is 3.00 bits per heavy atom. The van der Waals surface area contributed by atoms with Crippen molar-refractivity contribution < 1.29 is 4.52 Å². The number of nitrogens with two attached hydrogens (primary N) is 1. The van der Waals surface area contributed by atoms with E-state index in [2.05, 4.69) is 22.0 Å². The van der Waals surface area contributed by atoms with E-state index in [9.17, 15) is 0 Å². The zero-order chi connectivity index (χ0) is 9.10. The van der Waals surface area contributed by atoms with E-state index in [4.69, 9.17) is 10.3 Å². The minimum Gasteiger partial charge on any atom is -0.368 e. The van der Waals surface area contributed by atoms with Crippen LogP contribution in [-0.2, 0) is 12.8 Å². The molecular formula is C9H10N2OS. The highest BCUT2D eigenvalue weighted by molar-refractivity contribution is 7.07. The molecule has 0 unspecified atom stereocenters. The highest BCUT2D eigenvalue weighted by atomic mass is 32.1. The molecule has 0 radical (unpaired) electrons. The number of nitrogens with zero attached hydrogens (tertiary/aromatic N) is 1. The fourth-order valence-corrected chi connectivity index (χ4v) is 1.86. The van der Waals surface area contributed by atoms with Crippen LogP contribution in [0.3, 0.4) is 0 Å². The predicted octanol–water partition coefficient (Wildman–Crippen LogP) is 2.10. The highest BCUT2D eigenvalue weighted by Gasteiger charge is 2.01. The van der Waals surface area contributed by atoms with E-state index in [-0.39, 0.29) is 0 Å². The van der Waals surface area contributed by atoms with Crippen LogP contribution in [0.2, 0.25) is 0 Å². The molecule has 2 N–H and O–H groups in total. The largest absolute Gasteiger partial charge is 0.368 e. The number of rotatable bonds is 3. The SMILES string of the molecule is Nc1cc(CCc2ccsc2)no1. The van der Waals surface area contributed by atoms with Gasteiger partial charge in [-0.15, -0.1) is 0 Å². The van der Waals surface area contributed by atoms with Crippen molar-refractivity contribution in [3.05, 3.63) is 34.2 Å². The summed E-state index contributed by atoms with van der Waals surface area (Å²) in [4.78, 5) is 0. The fraction of sp³-hybridized carbons (Fsp3) is 0.222. The Labute approximate surface area is 80.2 Å². The van der Waals surface area contributed by atoms with E-state index < -0.39 is 0 Å². The minimum atomic E-state index is 0.389. The van der Waals surface area contributed by atoms with Gasteiger partial charge in [-0.3, -0.25) is 0 Å². The Morgan fingerprint density at radius 1 is 1.46 bits per heavy atom. The lowest BCUT2D eigenvalue weighted by molar-refractivity contribution is 0.427. The number of nitrogen functional groups attached to an aromatic ring is 1.